The SMILES string of the molecule is CC1(C)OB(c2ccc3nc(Cc4ccccc4)[nH]c3c2)OC1(C)C. The molecule has 0 amide bonds. The first-order valence-electron chi connectivity index (χ1n) is 8.72. The van der Waals surface area contributed by atoms with Gasteiger partial charge < -0.3 is 14.3 Å². The summed E-state index contributed by atoms with van der Waals surface area (Å²) in [5.74, 6) is 0.965. The summed E-state index contributed by atoms with van der Waals surface area (Å²) in [6.07, 6.45) is 0.793. The second-order valence-corrected chi connectivity index (χ2v) is 7.71. The van der Waals surface area contributed by atoms with E-state index < -0.39 is 0 Å². The number of H-pyrrole nitrogens is 1. The zero-order valence-corrected chi connectivity index (χ0v) is 15.2. The van der Waals surface area contributed by atoms with Gasteiger partial charge in [0.2, 0.25) is 0 Å². The summed E-state index contributed by atoms with van der Waals surface area (Å²) < 4.78 is 12.3. The van der Waals surface area contributed by atoms with Gasteiger partial charge in [-0.2, -0.15) is 0 Å². The van der Waals surface area contributed by atoms with Crippen LogP contribution >= 0.6 is 0 Å². The Balaban J connectivity index is 1.61. The standard InChI is InChI=1S/C20H23BN2O2/c1-19(2)20(3,4)25-21(24-19)15-10-11-16-17(13-15)23-18(22-16)12-14-8-6-5-7-9-14/h5-11,13H,12H2,1-4H3,(H,22,23). The molecule has 4 nitrogen and oxygen atoms in total. The molecule has 1 aliphatic heterocycles. The lowest BCUT2D eigenvalue weighted by atomic mass is 9.79. The Morgan fingerprint density at radius 3 is 2.32 bits per heavy atom. The monoisotopic (exact) mass is 334 g/mol. The molecule has 0 radical (unpaired) electrons. The maximum absolute atomic E-state index is 6.14. The Morgan fingerprint density at radius 1 is 0.960 bits per heavy atom. The van der Waals surface area contributed by atoms with E-state index in [1.54, 1.807) is 0 Å². The molecular formula is C20H23BN2O2. The number of hydrogen-bond acceptors (Lipinski definition) is 3. The van der Waals surface area contributed by atoms with Gasteiger partial charge in [0.15, 0.2) is 0 Å². The summed E-state index contributed by atoms with van der Waals surface area (Å²) >= 11 is 0. The van der Waals surface area contributed by atoms with Gasteiger partial charge in [-0.3, -0.25) is 0 Å². The summed E-state index contributed by atoms with van der Waals surface area (Å²) in [6, 6.07) is 16.5. The van der Waals surface area contributed by atoms with Gasteiger partial charge in [0.25, 0.3) is 0 Å². The van der Waals surface area contributed by atoms with E-state index in [1.165, 1.54) is 5.56 Å². The Bertz CT molecular complexity index is 886. The summed E-state index contributed by atoms with van der Waals surface area (Å²) in [5.41, 5.74) is 3.57. The first kappa shape index (κ1) is 16.4. The molecule has 4 rings (SSSR count). The summed E-state index contributed by atoms with van der Waals surface area (Å²) in [5, 5.41) is 0. The molecule has 0 unspecified atom stereocenters. The molecule has 0 spiro atoms. The van der Waals surface area contributed by atoms with Crippen LogP contribution < -0.4 is 5.46 Å². The molecular weight excluding hydrogens is 311 g/mol. The van der Waals surface area contributed by atoms with Gasteiger partial charge in [-0.15, -0.1) is 0 Å². The number of imidazole rings is 1. The molecule has 3 aromatic rings. The van der Waals surface area contributed by atoms with E-state index in [-0.39, 0.29) is 18.3 Å². The normalized spacial score (nSPS) is 18.8. The molecule has 0 saturated carbocycles. The van der Waals surface area contributed by atoms with Gasteiger partial charge >= 0.3 is 7.12 Å². The molecule has 25 heavy (non-hydrogen) atoms. The van der Waals surface area contributed by atoms with Crippen LogP contribution in [0.4, 0.5) is 0 Å². The zero-order valence-electron chi connectivity index (χ0n) is 15.2. The molecule has 0 atom stereocenters. The lowest BCUT2D eigenvalue weighted by Gasteiger charge is -2.32. The van der Waals surface area contributed by atoms with Crippen molar-refractivity contribution in [1.29, 1.82) is 0 Å². The van der Waals surface area contributed by atoms with Gasteiger partial charge in [-0.25, -0.2) is 4.98 Å². The molecule has 1 aromatic heterocycles. The minimum atomic E-state index is -0.352. The van der Waals surface area contributed by atoms with Gasteiger partial charge in [-0.05, 0) is 50.9 Å². The number of nitrogens with one attached hydrogen (secondary N) is 1. The fourth-order valence-electron chi connectivity index (χ4n) is 3.08. The van der Waals surface area contributed by atoms with E-state index in [4.69, 9.17) is 14.3 Å². The topological polar surface area (TPSA) is 47.1 Å². The van der Waals surface area contributed by atoms with E-state index in [0.29, 0.717) is 0 Å². The zero-order chi connectivity index (χ0) is 17.7. The highest BCUT2D eigenvalue weighted by Crippen LogP contribution is 2.36. The lowest BCUT2D eigenvalue weighted by Crippen LogP contribution is -2.41. The fourth-order valence-corrected chi connectivity index (χ4v) is 3.08. The van der Waals surface area contributed by atoms with Crippen molar-refractivity contribution in [1.82, 2.24) is 9.97 Å². The highest BCUT2D eigenvalue weighted by molar-refractivity contribution is 6.62. The number of hydrogen-bond donors (Lipinski definition) is 1. The van der Waals surface area contributed by atoms with Crippen LogP contribution in [0.3, 0.4) is 0 Å². The Kier molecular flexibility index (Phi) is 3.74. The van der Waals surface area contributed by atoms with Gasteiger partial charge in [0, 0.05) is 6.42 Å². The summed E-state index contributed by atoms with van der Waals surface area (Å²) in [4.78, 5) is 8.12. The molecule has 2 heterocycles. The predicted octanol–water partition coefficient (Wildman–Crippen LogP) is 3.45. The van der Waals surface area contributed by atoms with E-state index in [1.807, 2.05) is 30.3 Å². The molecule has 1 saturated heterocycles. The third kappa shape index (κ3) is 2.98. The number of nitrogens with zero attached hydrogens (tertiary/aromatic N) is 1. The fraction of sp³-hybridized carbons (Fsp3) is 0.350. The highest BCUT2D eigenvalue weighted by atomic mass is 16.7. The molecule has 2 aromatic carbocycles. The van der Waals surface area contributed by atoms with E-state index in [0.717, 1.165) is 28.7 Å². The van der Waals surface area contributed by atoms with Crippen LogP contribution in [-0.2, 0) is 15.7 Å². The van der Waals surface area contributed by atoms with Crippen LogP contribution in [0.15, 0.2) is 48.5 Å². The Morgan fingerprint density at radius 2 is 1.64 bits per heavy atom. The van der Waals surface area contributed by atoms with Gasteiger partial charge in [0.1, 0.15) is 5.82 Å². The van der Waals surface area contributed by atoms with Crippen molar-refractivity contribution < 1.29 is 9.31 Å². The maximum atomic E-state index is 6.14. The van der Waals surface area contributed by atoms with Crippen LogP contribution in [0.2, 0.25) is 0 Å². The lowest BCUT2D eigenvalue weighted by molar-refractivity contribution is 0.00578. The van der Waals surface area contributed by atoms with E-state index >= 15 is 0 Å². The second-order valence-electron chi connectivity index (χ2n) is 7.71. The smallest absolute Gasteiger partial charge is 0.399 e. The van der Waals surface area contributed by atoms with Crippen molar-refractivity contribution in [2.45, 2.75) is 45.3 Å². The van der Waals surface area contributed by atoms with Crippen molar-refractivity contribution in [3.63, 3.8) is 0 Å². The Labute approximate surface area is 148 Å². The van der Waals surface area contributed by atoms with Crippen LogP contribution in [0.5, 0.6) is 0 Å². The maximum Gasteiger partial charge on any atom is 0.494 e. The average Bonchev–Trinajstić information content (AvgIpc) is 3.04. The van der Waals surface area contributed by atoms with Crippen molar-refractivity contribution in [2.24, 2.45) is 0 Å². The molecule has 0 aliphatic carbocycles. The van der Waals surface area contributed by atoms with Crippen molar-refractivity contribution in [2.75, 3.05) is 0 Å². The van der Waals surface area contributed by atoms with E-state index in [9.17, 15) is 0 Å². The summed E-state index contributed by atoms with van der Waals surface area (Å²) in [7, 11) is -0.352. The number of benzene rings is 2. The minimum Gasteiger partial charge on any atom is -0.399 e. The quantitative estimate of drug-likeness (QED) is 0.746. The number of rotatable bonds is 3. The molecule has 1 fully saturated rings. The van der Waals surface area contributed by atoms with Crippen LogP contribution in [0.25, 0.3) is 11.0 Å². The van der Waals surface area contributed by atoms with Crippen LogP contribution in [-0.4, -0.2) is 28.3 Å². The van der Waals surface area contributed by atoms with Crippen LogP contribution in [0, 0.1) is 0 Å². The third-order valence-electron chi connectivity index (χ3n) is 5.29. The summed E-state index contributed by atoms with van der Waals surface area (Å²) in [6.45, 7) is 8.28. The first-order valence-corrected chi connectivity index (χ1v) is 8.72. The van der Waals surface area contributed by atoms with Crippen LogP contribution in [0.1, 0.15) is 39.1 Å². The largest absolute Gasteiger partial charge is 0.494 e. The Hall–Kier alpha value is -2.11. The molecule has 5 heteroatoms. The number of fused-ring (bicyclic) bond motifs is 1. The first-order chi connectivity index (χ1) is 11.8. The minimum absolute atomic E-state index is 0.334. The van der Waals surface area contributed by atoms with Crippen molar-refractivity contribution in [3.8, 4) is 0 Å². The molecule has 0 bridgehead atoms. The highest BCUT2D eigenvalue weighted by Gasteiger charge is 2.51. The van der Waals surface area contributed by atoms with Crippen molar-refractivity contribution in [3.05, 3.63) is 59.9 Å². The molecule has 1 aliphatic rings. The van der Waals surface area contributed by atoms with E-state index in [2.05, 4.69) is 50.9 Å². The van der Waals surface area contributed by atoms with Crippen molar-refractivity contribution >= 4 is 23.6 Å². The number of aromatic nitrogens is 2. The van der Waals surface area contributed by atoms with Gasteiger partial charge in [-0.1, -0.05) is 36.4 Å². The molecule has 128 valence electrons. The second kappa shape index (κ2) is 5.72. The third-order valence-corrected chi connectivity index (χ3v) is 5.29. The molecule has 1 N–H and O–H groups in total. The number of aromatic amines is 1. The predicted molar refractivity (Wildman–Crippen MR) is 101 cm³/mol. The van der Waals surface area contributed by atoms with Gasteiger partial charge in [0.05, 0.1) is 22.2 Å². The average molecular weight is 334 g/mol.